The van der Waals surface area contributed by atoms with Crippen molar-refractivity contribution >= 4 is 22.6 Å². The topological polar surface area (TPSA) is 72.2 Å². The van der Waals surface area contributed by atoms with E-state index in [4.69, 9.17) is 0 Å². The van der Waals surface area contributed by atoms with Gasteiger partial charge in [0.2, 0.25) is 0 Å². The molecule has 0 saturated carbocycles. The number of halogens is 1. The van der Waals surface area contributed by atoms with E-state index in [1.807, 2.05) is 41.9 Å². The second kappa shape index (κ2) is 6.18. The van der Waals surface area contributed by atoms with Crippen molar-refractivity contribution in [2.75, 3.05) is 0 Å². The summed E-state index contributed by atoms with van der Waals surface area (Å²) in [6, 6.07) is 8.15. The van der Waals surface area contributed by atoms with Crippen LogP contribution in [0.1, 0.15) is 27.4 Å². The lowest BCUT2D eigenvalue weighted by molar-refractivity contribution is 0.0951. The highest BCUT2D eigenvalue weighted by Crippen LogP contribution is 2.19. The molecular weight excluding hydrogens is 333 g/mol. The Balaban J connectivity index is 1.64. The Hall–Kier alpha value is -3.35. The molecule has 0 aliphatic heterocycles. The van der Waals surface area contributed by atoms with Crippen molar-refractivity contribution in [3.63, 3.8) is 0 Å². The van der Waals surface area contributed by atoms with Gasteiger partial charge < -0.3 is 9.72 Å². The van der Waals surface area contributed by atoms with Crippen molar-refractivity contribution in [3.8, 4) is 0 Å². The Kier molecular flexibility index (Phi) is 3.84. The van der Waals surface area contributed by atoms with Crippen molar-refractivity contribution in [2.24, 2.45) is 0 Å². The number of nitrogens with one attached hydrogen (secondary N) is 1. The van der Waals surface area contributed by atoms with Gasteiger partial charge >= 0.3 is 0 Å². The number of imidazole rings is 1. The van der Waals surface area contributed by atoms with E-state index in [9.17, 15) is 9.18 Å². The minimum Gasteiger partial charge on any atom is -0.346 e. The van der Waals surface area contributed by atoms with E-state index in [2.05, 4.69) is 20.3 Å². The molecule has 7 heteroatoms. The van der Waals surface area contributed by atoms with Crippen LogP contribution in [0.25, 0.3) is 16.7 Å². The lowest BCUT2D eigenvalue weighted by Gasteiger charge is -2.08. The van der Waals surface area contributed by atoms with Crippen LogP contribution in [0.2, 0.25) is 0 Å². The van der Waals surface area contributed by atoms with Crippen molar-refractivity contribution in [1.29, 1.82) is 0 Å². The highest BCUT2D eigenvalue weighted by Gasteiger charge is 2.16. The molecule has 0 bridgehead atoms. The van der Waals surface area contributed by atoms with Crippen LogP contribution >= 0.6 is 0 Å². The molecular formula is C19H16FN5O. The molecule has 26 heavy (non-hydrogen) atoms. The zero-order valence-corrected chi connectivity index (χ0v) is 14.3. The Labute approximate surface area is 148 Å². The number of benzene rings is 1. The van der Waals surface area contributed by atoms with Crippen LogP contribution in [-0.2, 0) is 6.54 Å². The number of nitrogens with zero attached hydrogens (tertiary/aromatic N) is 4. The van der Waals surface area contributed by atoms with Crippen LogP contribution in [0.3, 0.4) is 0 Å². The van der Waals surface area contributed by atoms with E-state index < -0.39 is 11.7 Å². The minimum atomic E-state index is -0.520. The lowest BCUT2D eigenvalue weighted by atomic mass is 10.1. The SMILES string of the molecule is Cc1nc2cc(F)cc(C(=O)NCc3cn4ccccc4n3)c2nc1C. The third-order valence-electron chi connectivity index (χ3n) is 4.23. The van der Waals surface area contributed by atoms with Crippen molar-refractivity contribution in [3.05, 3.63) is 71.2 Å². The molecule has 6 nitrogen and oxygen atoms in total. The molecule has 130 valence electrons. The number of aromatic nitrogens is 4. The largest absolute Gasteiger partial charge is 0.346 e. The van der Waals surface area contributed by atoms with Crippen LogP contribution in [0.15, 0.2) is 42.7 Å². The molecule has 1 amide bonds. The van der Waals surface area contributed by atoms with Gasteiger partial charge in [0.05, 0.1) is 34.7 Å². The van der Waals surface area contributed by atoms with Crippen LogP contribution in [0.4, 0.5) is 4.39 Å². The van der Waals surface area contributed by atoms with E-state index in [1.54, 1.807) is 6.92 Å². The predicted molar refractivity (Wildman–Crippen MR) is 95.3 cm³/mol. The number of pyridine rings is 1. The summed E-state index contributed by atoms with van der Waals surface area (Å²) in [5.74, 6) is -0.933. The van der Waals surface area contributed by atoms with E-state index in [0.717, 1.165) is 5.65 Å². The zero-order valence-electron chi connectivity index (χ0n) is 14.3. The average molecular weight is 349 g/mol. The van der Waals surface area contributed by atoms with Crippen LogP contribution in [-0.4, -0.2) is 25.3 Å². The summed E-state index contributed by atoms with van der Waals surface area (Å²) in [6.07, 6.45) is 3.72. The first-order chi connectivity index (χ1) is 12.5. The molecule has 4 aromatic rings. The maximum absolute atomic E-state index is 13.9. The fraction of sp³-hybridized carbons (Fsp3) is 0.158. The summed E-state index contributed by atoms with van der Waals surface area (Å²) in [4.78, 5) is 25.8. The first kappa shape index (κ1) is 16.1. The fourth-order valence-electron chi connectivity index (χ4n) is 2.81. The third kappa shape index (κ3) is 2.88. The molecule has 0 atom stereocenters. The smallest absolute Gasteiger partial charge is 0.253 e. The maximum Gasteiger partial charge on any atom is 0.253 e. The number of carbonyl (C=O) groups is 1. The summed E-state index contributed by atoms with van der Waals surface area (Å²) in [7, 11) is 0. The van der Waals surface area contributed by atoms with Gasteiger partial charge in [-0.1, -0.05) is 6.07 Å². The first-order valence-corrected chi connectivity index (χ1v) is 8.16. The van der Waals surface area contributed by atoms with Crippen molar-refractivity contribution in [1.82, 2.24) is 24.7 Å². The van der Waals surface area contributed by atoms with Gasteiger partial charge in [0.1, 0.15) is 17.0 Å². The Morgan fingerprint density at radius 3 is 2.77 bits per heavy atom. The fourth-order valence-corrected chi connectivity index (χ4v) is 2.81. The molecule has 0 radical (unpaired) electrons. The number of hydrogen-bond donors (Lipinski definition) is 1. The summed E-state index contributed by atoms with van der Waals surface area (Å²) < 4.78 is 15.8. The van der Waals surface area contributed by atoms with Crippen molar-refractivity contribution < 1.29 is 9.18 Å². The van der Waals surface area contributed by atoms with E-state index in [1.165, 1.54) is 12.1 Å². The monoisotopic (exact) mass is 349 g/mol. The molecule has 0 aliphatic carbocycles. The van der Waals surface area contributed by atoms with Gasteiger partial charge in [0.15, 0.2) is 0 Å². The Morgan fingerprint density at radius 2 is 1.96 bits per heavy atom. The molecule has 4 rings (SSSR count). The standard InChI is InChI=1S/C19H16FN5O/c1-11-12(2)23-18-15(7-13(20)8-16(18)22-11)19(26)21-9-14-10-25-6-4-3-5-17(25)24-14/h3-8,10H,9H2,1-2H3,(H,21,26). The van der Waals surface area contributed by atoms with Crippen molar-refractivity contribution in [2.45, 2.75) is 20.4 Å². The Morgan fingerprint density at radius 1 is 1.15 bits per heavy atom. The second-order valence-electron chi connectivity index (χ2n) is 6.10. The zero-order chi connectivity index (χ0) is 18.3. The van der Waals surface area contributed by atoms with Gasteiger partial charge in [0.25, 0.3) is 5.91 Å². The van der Waals surface area contributed by atoms with Crippen LogP contribution in [0.5, 0.6) is 0 Å². The number of amides is 1. The molecule has 1 aromatic carbocycles. The summed E-state index contributed by atoms with van der Waals surface area (Å²) in [5.41, 5.74) is 3.85. The highest BCUT2D eigenvalue weighted by atomic mass is 19.1. The van der Waals surface area contributed by atoms with E-state index >= 15 is 0 Å². The summed E-state index contributed by atoms with van der Waals surface area (Å²) >= 11 is 0. The summed E-state index contributed by atoms with van der Waals surface area (Å²) in [6.45, 7) is 3.84. The van der Waals surface area contributed by atoms with Crippen LogP contribution in [0, 0.1) is 19.7 Å². The third-order valence-corrected chi connectivity index (χ3v) is 4.23. The normalized spacial score (nSPS) is 11.2. The molecule has 3 heterocycles. The number of aryl methyl sites for hydroxylation is 2. The molecule has 3 aromatic heterocycles. The molecule has 0 unspecified atom stereocenters. The van der Waals surface area contributed by atoms with Gasteiger partial charge in [-0.25, -0.2) is 19.3 Å². The second-order valence-corrected chi connectivity index (χ2v) is 6.10. The molecule has 0 spiro atoms. The molecule has 0 saturated heterocycles. The van der Waals surface area contributed by atoms with Gasteiger partial charge in [-0.05, 0) is 32.0 Å². The molecule has 0 fully saturated rings. The van der Waals surface area contributed by atoms with E-state index in [-0.39, 0.29) is 12.1 Å². The van der Waals surface area contributed by atoms with Gasteiger partial charge in [-0.15, -0.1) is 0 Å². The first-order valence-electron chi connectivity index (χ1n) is 8.16. The van der Waals surface area contributed by atoms with E-state index in [0.29, 0.717) is 28.1 Å². The highest BCUT2D eigenvalue weighted by molar-refractivity contribution is 6.04. The van der Waals surface area contributed by atoms with Gasteiger partial charge in [-0.2, -0.15) is 0 Å². The number of fused-ring (bicyclic) bond motifs is 2. The van der Waals surface area contributed by atoms with Crippen LogP contribution < -0.4 is 5.32 Å². The number of carbonyl (C=O) groups excluding carboxylic acids is 1. The molecule has 0 aliphatic rings. The van der Waals surface area contributed by atoms with Gasteiger partial charge in [0, 0.05) is 18.5 Å². The number of hydrogen-bond acceptors (Lipinski definition) is 4. The predicted octanol–water partition coefficient (Wildman–Crippen LogP) is 2.96. The average Bonchev–Trinajstić information content (AvgIpc) is 3.03. The van der Waals surface area contributed by atoms with Gasteiger partial charge in [-0.3, -0.25) is 4.79 Å². The quantitative estimate of drug-likeness (QED) is 0.617. The Bertz CT molecular complexity index is 1120. The number of rotatable bonds is 3. The minimum absolute atomic E-state index is 0.166. The lowest BCUT2D eigenvalue weighted by Crippen LogP contribution is -2.23. The molecule has 1 N–H and O–H groups in total. The maximum atomic E-state index is 13.9. The summed E-state index contributed by atoms with van der Waals surface area (Å²) in [5, 5.41) is 2.78.